The second kappa shape index (κ2) is 9.90. The van der Waals surface area contributed by atoms with Gasteiger partial charge in [0.15, 0.2) is 24.7 Å². The van der Waals surface area contributed by atoms with Crippen LogP contribution in [0.2, 0.25) is 0 Å². The maximum atomic E-state index is 12.3. The second-order valence-electron chi connectivity index (χ2n) is 6.62. The molecule has 2 aromatic rings. The van der Waals surface area contributed by atoms with Crippen LogP contribution in [0.3, 0.4) is 0 Å². The zero-order chi connectivity index (χ0) is 20.6. The molecule has 3 rings (SSSR count). The van der Waals surface area contributed by atoms with Gasteiger partial charge in [-0.3, -0.25) is 4.79 Å². The molecular weight excluding hydrogens is 378 g/mol. The number of carbonyl (C=O) groups is 2. The number of esters is 1. The van der Waals surface area contributed by atoms with Gasteiger partial charge in [-0.2, -0.15) is 0 Å². The van der Waals surface area contributed by atoms with E-state index >= 15 is 0 Å². The fraction of sp³-hybridized carbons (Fsp3) is 0.500. The van der Waals surface area contributed by atoms with E-state index < -0.39 is 5.97 Å². The third-order valence-electron chi connectivity index (χ3n) is 4.43. The predicted octanol–water partition coefficient (Wildman–Crippen LogP) is 2.53. The molecule has 0 unspecified atom stereocenters. The van der Waals surface area contributed by atoms with E-state index in [1.807, 2.05) is 11.8 Å². The SMILES string of the molecule is CCOc1cc(C(=O)OCc2nnc(C)o2)ccc1OCC(=O)N1CCCCC1. The van der Waals surface area contributed by atoms with Crippen molar-refractivity contribution >= 4 is 11.9 Å². The number of hydrogen-bond acceptors (Lipinski definition) is 8. The average Bonchev–Trinajstić information content (AvgIpc) is 3.16. The van der Waals surface area contributed by atoms with Gasteiger partial charge in [0.2, 0.25) is 5.89 Å². The van der Waals surface area contributed by atoms with Gasteiger partial charge < -0.3 is 23.5 Å². The van der Waals surface area contributed by atoms with E-state index in [0.29, 0.717) is 29.6 Å². The van der Waals surface area contributed by atoms with Crippen LogP contribution in [0.25, 0.3) is 0 Å². The van der Waals surface area contributed by atoms with Crippen LogP contribution in [0, 0.1) is 6.92 Å². The molecule has 0 aliphatic carbocycles. The topological polar surface area (TPSA) is 104 Å². The molecule has 0 atom stereocenters. The van der Waals surface area contributed by atoms with Crippen molar-refractivity contribution in [1.29, 1.82) is 0 Å². The number of aromatic nitrogens is 2. The molecule has 1 aliphatic heterocycles. The van der Waals surface area contributed by atoms with Gasteiger partial charge in [0.25, 0.3) is 11.8 Å². The molecule has 0 N–H and O–H groups in total. The minimum absolute atomic E-state index is 0.0505. The molecule has 1 aromatic heterocycles. The van der Waals surface area contributed by atoms with E-state index in [-0.39, 0.29) is 25.0 Å². The summed E-state index contributed by atoms with van der Waals surface area (Å²) in [7, 11) is 0. The van der Waals surface area contributed by atoms with Gasteiger partial charge in [-0.1, -0.05) is 0 Å². The number of hydrogen-bond donors (Lipinski definition) is 0. The molecule has 0 spiro atoms. The normalized spacial score (nSPS) is 13.8. The number of carbonyl (C=O) groups excluding carboxylic acids is 2. The lowest BCUT2D eigenvalue weighted by molar-refractivity contribution is -0.134. The standard InChI is InChI=1S/C20H25N3O6/c1-3-26-17-11-15(20(25)28-12-18-22-21-14(2)29-18)7-8-16(17)27-13-19(24)23-9-5-4-6-10-23/h7-8,11H,3-6,9-10,12-13H2,1-2H3. The first-order chi connectivity index (χ1) is 14.1. The van der Waals surface area contributed by atoms with E-state index in [1.54, 1.807) is 19.1 Å². The highest BCUT2D eigenvalue weighted by molar-refractivity contribution is 5.90. The average molecular weight is 403 g/mol. The van der Waals surface area contributed by atoms with Gasteiger partial charge in [-0.05, 0) is 44.4 Å². The number of rotatable bonds is 8. The van der Waals surface area contributed by atoms with Gasteiger partial charge in [0, 0.05) is 20.0 Å². The third kappa shape index (κ3) is 5.69. The number of piperidine rings is 1. The molecule has 1 saturated heterocycles. The molecule has 9 heteroatoms. The third-order valence-corrected chi connectivity index (χ3v) is 4.43. The van der Waals surface area contributed by atoms with Gasteiger partial charge in [0.1, 0.15) is 0 Å². The minimum atomic E-state index is -0.558. The second-order valence-corrected chi connectivity index (χ2v) is 6.62. The van der Waals surface area contributed by atoms with E-state index in [4.69, 9.17) is 18.6 Å². The summed E-state index contributed by atoms with van der Waals surface area (Å²) in [5.74, 6) is 0.791. The Morgan fingerprint density at radius 3 is 2.59 bits per heavy atom. The number of amides is 1. The molecular formula is C20H25N3O6. The Hall–Kier alpha value is -3.10. The van der Waals surface area contributed by atoms with E-state index in [2.05, 4.69) is 10.2 Å². The molecule has 1 fully saturated rings. The Morgan fingerprint density at radius 1 is 1.10 bits per heavy atom. The van der Waals surface area contributed by atoms with Crippen molar-refractivity contribution in [1.82, 2.24) is 15.1 Å². The fourth-order valence-corrected chi connectivity index (χ4v) is 3.00. The highest BCUT2D eigenvalue weighted by Crippen LogP contribution is 2.29. The predicted molar refractivity (Wildman–Crippen MR) is 102 cm³/mol. The lowest BCUT2D eigenvalue weighted by atomic mass is 10.1. The summed E-state index contributed by atoms with van der Waals surface area (Å²) >= 11 is 0. The molecule has 156 valence electrons. The Kier molecular flexibility index (Phi) is 7.04. The molecule has 0 saturated carbocycles. The van der Waals surface area contributed by atoms with Crippen LogP contribution in [-0.2, 0) is 16.1 Å². The number of ether oxygens (including phenoxy) is 3. The molecule has 0 bridgehead atoms. The zero-order valence-electron chi connectivity index (χ0n) is 16.7. The van der Waals surface area contributed by atoms with Crippen LogP contribution in [-0.4, -0.2) is 53.3 Å². The number of nitrogens with zero attached hydrogens (tertiary/aromatic N) is 3. The summed E-state index contributed by atoms with van der Waals surface area (Å²) in [5, 5.41) is 7.46. The summed E-state index contributed by atoms with van der Waals surface area (Å²) < 4.78 is 21.6. The Bertz CT molecular complexity index is 844. The van der Waals surface area contributed by atoms with Crippen molar-refractivity contribution < 1.29 is 28.2 Å². The van der Waals surface area contributed by atoms with Gasteiger partial charge >= 0.3 is 5.97 Å². The lowest BCUT2D eigenvalue weighted by Gasteiger charge is -2.26. The summed E-state index contributed by atoms with van der Waals surface area (Å²) in [6.07, 6.45) is 3.20. The first-order valence-electron chi connectivity index (χ1n) is 9.70. The van der Waals surface area contributed by atoms with Gasteiger partial charge in [-0.25, -0.2) is 4.79 Å². The first-order valence-corrected chi connectivity index (χ1v) is 9.70. The van der Waals surface area contributed by atoms with Crippen molar-refractivity contribution in [2.45, 2.75) is 39.7 Å². The van der Waals surface area contributed by atoms with Crippen molar-refractivity contribution in [2.75, 3.05) is 26.3 Å². The number of likely N-dealkylation sites (tertiary alicyclic amines) is 1. The molecule has 2 heterocycles. The highest BCUT2D eigenvalue weighted by atomic mass is 16.5. The minimum Gasteiger partial charge on any atom is -0.490 e. The van der Waals surface area contributed by atoms with Crippen molar-refractivity contribution in [2.24, 2.45) is 0 Å². The maximum Gasteiger partial charge on any atom is 0.338 e. The summed E-state index contributed by atoms with van der Waals surface area (Å²) in [4.78, 5) is 26.4. The molecule has 0 radical (unpaired) electrons. The smallest absolute Gasteiger partial charge is 0.338 e. The summed E-state index contributed by atoms with van der Waals surface area (Å²) in [6.45, 7) is 5.21. The van der Waals surface area contributed by atoms with E-state index in [0.717, 1.165) is 32.4 Å². The Labute approximate surface area is 168 Å². The van der Waals surface area contributed by atoms with E-state index in [1.165, 1.54) is 6.07 Å². The van der Waals surface area contributed by atoms with Crippen molar-refractivity contribution in [3.05, 3.63) is 35.5 Å². The van der Waals surface area contributed by atoms with Gasteiger partial charge in [0.05, 0.1) is 12.2 Å². The van der Waals surface area contributed by atoms with Crippen LogP contribution in [0.1, 0.15) is 48.3 Å². The Morgan fingerprint density at radius 2 is 1.90 bits per heavy atom. The lowest BCUT2D eigenvalue weighted by Crippen LogP contribution is -2.38. The quantitative estimate of drug-likeness (QED) is 0.619. The van der Waals surface area contributed by atoms with Gasteiger partial charge in [-0.15, -0.1) is 10.2 Å². The zero-order valence-corrected chi connectivity index (χ0v) is 16.7. The fourth-order valence-electron chi connectivity index (χ4n) is 3.00. The van der Waals surface area contributed by atoms with Crippen molar-refractivity contribution in [3.8, 4) is 11.5 Å². The van der Waals surface area contributed by atoms with Crippen LogP contribution in [0.5, 0.6) is 11.5 Å². The van der Waals surface area contributed by atoms with Crippen LogP contribution in [0.15, 0.2) is 22.6 Å². The van der Waals surface area contributed by atoms with Crippen LogP contribution >= 0.6 is 0 Å². The molecule has 1 aliphatic rings. The molecule has 1 aromatic carbocycles. The molecule has 9 nitrogen and oxygen atoms in total. The van der Waals surface area contributed by atoms with Crippen LogP contribution < -0.4 is 9.47 Å². The maximum absolute atomic E-state index is 12.3. The Balaban J connectivity index is 1.61. The van der Waals surface area contributed by atoms with Crippen LogP contribution in [0.4, 0.5) is 0 Å². The highest BCUT2D eigenvalue weighted by Gasteiger charge is 2.19. The molecule has 1 amide bonds. The number of aryl methyl sites for hydroxylation is 1. The molecule has 29 heavy (non-hydrogen) atoms. The summed E-state index contributed by atoms with van der Waals surface area (Å²) in [6, 6.07) is 4.69. The number of benzene rings is 1. The van der Waals surface area contributed by atoms with Crippen molar-refractivity contribution in [3.63, 3.8) is 0 Å². The first kappa shape index (κ1) is 20.6. The van der Waals surface area contributed by atoms with E-state index in [9.17, 15) is 9.59 Å². The summed E-state index contributed by atoms with van der Waals surface area (Å²) in [5.41, 5.74) is 0.291. The largest absolute Gasteiger partial charge is 0.490 e. The monoisotopic (exact) mass is 403 g/mol.